The highest BCUT2D eigenvalue weighted by Gasteiger charge is 2.36. The maximum absolute atomic E-state index is 12.9. The summed E-state index contributed by atoms with van der Waals surface area (Å²) in [5, 5.41) is 7.02. The maximum Gasteiger partial charge on any atom is 0.191 e. The number of halogens is 2. The van der Waals surface area contributed by atoms with Gasteiger partial charge in [0.2, 0.25) is 0 Å². The molecule has 0 amide bonds. The number of nitrogens with zero attached hydrogens (tertiary/aromatic N) is 2. The van der Waals surface area contributed by atoms with E-state index in [0.29, 0.717) is 6.04 Å². The van der Waals surface area contributed by atoms with Crippen LogP contribution in [-0.2, 0) is 0 Å². The predicted molar refractivity (Wildman–Crippen MR) is 119 cm³/mol. The van der Waals surface area contributed by atoms with Crippen molar-refractivity contribution < 1.29 is 4.39 Å². The number of thioether (sulfide) groups is 1. The van der Waals surface area contributed by atoms with E-state index in [2.05, 4.69) is 27.6 Å². The van der Waals surface area contributed by atoms with Crippen LogP contribution in [0.5, 0.6) is 0 Å². The average Bonchev–Trinajstić information content (AvgIpc) is 2.60. The van der Waals surface area contributed by atoms with Crippen LogP contribution in [0.3, 0.4) is 0 Å². The van der Waals surface area contributed by atoms with Crippen LogP contribution < -0.4 is 10.6 Å². The lowest BCUT2D eigenvalue weighted by Crippen LogP contribution is -2.56. The maximum atomic E-state index is 12.9. The minimum absolute atomic E-state index is 0. The molecule has 2 atom stereocenters. The van der Waals surface area contributed by atoms with Gasteiger partial charge in [-0.3, -0.25) is 4.99 Å². The number of nitrogens with one attached hydrogen (secondary N) is 2. The topological polar surface area (TPSA) is 39.7 Å². The summed E-state index contributed by atoms with van der Waals surface area (Å²) in [7, 11) is 4.11. The Hall–Kier alpha value is -0.540. The van der Waals surface area contributed by atoms with E-state index in [0.717, 1.165) is 35.2 Å². The van der Waals surface area contributed by atoms with Crippen LogP contribution in [0, 0.1) is 5.82 Å². The molecular formula is C19H30FIN4S. The number of benzene rings is 1. The van der Waals surface area contributed by atoms with Gasteiger partial charge in [-0.15, -0.1) is 35.7 Å². The fraction of sp³-hybridized carbons (Fsp3) is 0.632. The van der Waals surface area contributed by atoms with Gasteiger partial charge < -0.3 is 15.5 Å². The minimum Gasteiger partial charge on any atom is -0.356 e. The summed E-state index contributed by atoms with van der Waals surface area (Å²) in [5.41, 5.74) is 0. The van der Waals surface area contributed by atoms with Crippen molar-refractivity contribution in [3.05, 3.63) is 30.1 Å². The predicted octanol–water partition coefficient (Wildman–Crippen LogP) is 3.72. The Kier molecular flexibility index (Phi) is 8.96. The Balaban J connectivity index is 0.00000243. The van der Waals surface area contributed by atoms with E-state index in [9.17, 15) is 4.39 Å². The number of hydrogen-bond donors (Lipinski definition) is 2. The molecule has 0 saturated carbocycles. The average molecular weight is 492 g/mol. The van der Waals surface area contributed by atoms with Gasteiger partial charge in [-0.2, -0.15) is 0 Å². The Morgan fingerprint density at radius 2 is 1.88 bits per heavy atom. The molecular weight excluding hydrogens is 462 g/mol. The van der Waals surface area contributed by atoms with Gasteiger partial charge in [-0.05, 0) is 57.0 Å². The third-order valence-corrected chi connectivity index (χ3v) is 6.39. The summed E-state index contributed by atoms with van der Waals surface area (Å²) in [6.45, 7) is 0.835. The second kappa shape index (κ2) is 10.7. The van der Waals surface area contributed by atoms with Crippen molar-refractivity contribution >= 4 is 41.7 Å². The molecule has 7 heteroatoms. The molecule has 2 aliphatic rings. The lowest BCUT2D eigenvalue weighted by atomic mass is 9.82. The van der Waals surface area contributed by atoms with E-state index in [1.807, 2.05) is 19.2 Å². The highest BCUT2D eigenvalue weighted by Crippen LogP contribution is 2.32. The molecule has 2 unspecified atom stereocenters. The van der Waals surface area contributed by atoms with Crippen molar-refractivity contribution in [2.45, 2.75) is 55.1 Å². The smallest absolute Gasteiger partial charge is 0.191 e. The molecule has 2 fully saturated rings. The Labute approximate surface area is 177 Å². The molecule has 2 saturated heterocycles. The Bertz CT molecular complexity index is 569. The first kappa shape index (κ1) is 21.8. The highest BCUT2D eigenvalue weighted by atomic mass is 127. The molecule has 4 nitrogen and oxygen atoms in total. The van der Waals surface area contributed by atoms with Crippen LogP contribution >= 0.6 is 35.7 Å². The van der Waals surface area contributed by atoms with Gasteiger partial charge in [0.1, 0.15) is 5.82 Å². The molecule has 146 valence electrons. The normalized spacial score (nSPS) is 26.1. The molecule has 2 N–H and O–H groups in total. The zero-order valence-electron chi connectivity index (χ0n) is 15.6. The zero-order valence-corrected chi connectivity index (χ0v) is 18.7. The SMILES string of the molecule is CN=C(NCCSc1ccc(F)cc1)NC1CC2CCCC(C1)N2C.I. The minimum atomic E-state index is -0.185. The molecule has 0 aromatic heterocycles. The van der Waals surface area contributed by atoms with Crippen molar-refractivity contribution in [2.75, 3.05) is 26.4 Å². The molecule has 0 aliphatic carbocycles. The van der Waals surface area contributed by atoms with Gasteiger partial charge >= 0.3 is 0 Å². The van der Waals surface area contributed by atoms with Crippen molar-refractivity contribution in [1.29, 1.82) is 0 Å². The fourth-order valence-electron chi connectivity index (χ4n) is 3.99. The van der Waals surface area contributed by atoms with E-state index in [4.69, 9.17) is 0 Å². The lowest BCUT2D eigenvalue weighted by molar-refractivity contribution is 0.0526. The first-order valence-corrected chi connectivity index (χ1v) is 10.2. The molecule has 26 heavy (non-hydrogen) atoms. The van der Waals surface area contributed by atoms with Gasteiger partial charge in [0.05, 0.1) is 0 Å². The van der Waals surface area contributed by atoms with Crippen molar-refractivity contribution in [3.8, 4) is 0 Å². The number of fused-ring (bicyclic) bond motifs is 2. The van der Waals surface area contributed by atoms with Crippen LogP contribution in [0.1, 0.15) is 32.1 Å². The van der Waals surface area contributed by atoms with E-state index < -0.39 is 0 Å². The summed E-state index contributed by atoms with van der Waals surface area (Å²) >= 11 is 1.72. The van der Waals surface area contributed by atoms with Gasteiger partial charge in [0.15, 0.2) is 5.96 Å². The Morgan fingerprint density at radius 1 is 1.23 bits per heavy atom. The van der Waals surface area contributed by atoms with E-state index in [1.165, 1.54) is 44.2 Å². The number of rotatable bonds is 5. The van der Waals surface area contributed by atoms with Crippen LogP contribution in [0.15, 0.2) is 34.2 Å². The molecule has 3 rings (SSSR count). The van der Waals surface area contributed by atoms with E-state index in [1.54, 1.807) is 11.8 Å². The van der Waals surface area contributed by atoms with Crippen LogP contribution in [0.2, 0.25) is 0 Å². The fourth-order valence-corrected chi connectivity index (χ4v) is 4.76. The molecule has 1 aromatic rings. The second-order valence-electron chi connectivity index (χ2n) is 7.02. The van der Waals surface area contributed by atoms with Crippen molar-refractivity contribution in [1.82, 2.24) is 15.5 Å². The standard InChI is InChI=1S/C19H29FN4S.HI/c1-21-19(22-10-11-25-18-8-6-14(20)7-9-18)23-15-12-16-4-3-5-17(13-15)24(16)2;/h6-9,15-17H,3-5,10-13H2,1-2H3,(H2,21,22,23);1H. The molecule has 2 bridgehead atoms. The lowest BCUT2D eigenvalue weighted by Gasteiger charge is -2.47. The molecule has 1 aromatic carbocycles. The highest BCUT2D eigenvalue weighted by molar-refractivity contribution is 14.0. The third kappa shape index (κ3) is 5.99. The molecule has 2 aliphatic heterocycles. The van der Waals surface area contributed by atoms with Crippen LogP contribution in [-0.4, -0.2) is 55.4 Å². The molecule has 2 heterocycles. The molecule has 0 spiro atoms. The van der Waals surface area contributed by atoms with Gasteiger partial charge in [-0.1, -0.05) is 6.42 Å². The Morgan fingerprint density at radius 3 is 2.50 bits per heavy atom. The monoisotopic (exact) mass is 492 g/mol. The zero-order chi connectivity index (χ0) is 17.6. The summed E-state index contributed by atoms with van der Waals surface area (Å²) in [6, 6.07) is 8.62. The van der Waals surface area contributed by atoms with Crippen LogP contribution in [0.25, 0.3) is 0 Å². The largest absolute Gasteiger partial charge is 0.356 e. The summed E-state index contributed by atoms with van der Waals surface area (Å²) in [5.74, 6) is 1.63. The number of aliphatic imine (C=N–C) groups is 1. The summed E-state index contributed by atoms with van der Waals surface area (Å²) < 4.78 is 12.9. The van der Waals surface area contributed by atoms with Gasteiger partial charge in [0.25, 0.3) is 0 Å². The first-order valence-electron chi connectivity index (χ1n) is 9.23. The quantitative estimate of drug-likeness (QED) is 0.216. The van der Waals surface area contributed by atoms with Crippen LogP contribution in [0.4, 0.5) is 4.39 Å². The third-order valence-electron chi connectivity index (χ3n) is 5.38. The summed E-state index contributed by atoms with van der Waals surface area (Å²) in [4.78, 5) is 8.05. The van der Waals surface area contributed by atoms with E-state index >= 15 is 0 Å². The number of guanidine groups is 1. The van der Waals surface area contributed by atoms with E-state index in [-0.39, 0.29) is 29.8 Å². The number of hydrogen-bond acceptors (Lipinski definition) is 3. The summed E-state index contributed by atoms with van der Waals surface area (Å²) in [6.07, 6.45) is 6.44. The first-order chi connectivity index (χ1) is 12.2. The van der Waals surface area contributed by atoms with Crippen molar-refractivity contribution in [3.63, 3.8) is 0 Å². The van der Waals surface area contributed by atoms with Gasteiger partial charge in [-0.25, -0.2) is 4.39 Å². The number of piperidine rings is 2. The molecule has 0 radical (unpaired) electrons. The second-order valence-corrected chi connectivity index (χ2v) is 8.19. The van der Waals surface area contributed by atoms with Gasteiger partial charge in [0, 0.05) is 42.4 Å². The van der Waals surface area contributed by atoms with Crippen molar-refractivity contribution in [2.24, 2.45) is 4.99 Å².